The number of esters is 1. The second-order valence-corrected chi connectivity index (χ2v) is 6.53. The highest BCUT2D eigenvalue weighted by Gasteiger charge is 2.17. The van der Waals surface area contributed by atoms with Crippen LogP contribution in [0, 0.1) is 0 Å². The summed E-state index contributed by atoms with van der Waals surface area (Å²) in [6, 6.07) is 24.0. The van der Waals surface area contributed by atoms with Gasteiger partial charge in [-0.2, -0.15) is 0 Å². The van der Waals surface area contributed by atoms with E-state index in [9.17, 15) is 9.59 Å². The molecule has 0 aliphatic heterocycles. The fourth-order valence-corrected chi connectivity index (χ4v) is 3.17. The van der Waals surface area contributed by atoms with Gasteiger partial charge in [-0.1, -0.05) is 74.5 Å². The van der Waals surface area contributed by atoms with Crippen LogP contribution in [0.5, 0.6) is 5.75 Å². The molecule has 4 rings (SSSR count). The minimum atomic E-state index is -0.390. The van der Waals surface area contributed by atoms with Crippen molar-refractivity contribution in [2.45, 2.75) is 20.8 Å². The van der Waals surface area contributed by atoms with E-state index >= 15 is 0 Å². The monoisotopic (exact) mass is 432 g/mol. The molecule has 3 aromatic carbocycles. The summed E-state index contributed by atoms with van der Waals surface area (Å²) >= 11 is 0. The summed E-state index contributed by atoms with van der Waals surface area (Å²) in [4.78, 5) is 24.0. The van der Waals surface area contributed by atoms with Crippen molar-refractivity contribution in [2.75, 3.05) is 14.2 Å². The van der Waals surface area contributed by atoms with E-state index in [1.807, 2.05) is 74.5 Å². The van der Waals surface area contributed by atoms with Gasteiger partial charge in [0.25, 0.3) is 0 Å². The third-order valence-electron chi connectivity index (χ3n) is 4.28. The first-order chi connectivity index (χ1) is 15.5. The van der Waals surface area contributed by atoms with Crippen molar-refractivity contribution in [3.05, 3.63) is 89.3 Å². The number of benzene rings is 3. The molecule has 0 fully saturated rings. The van der Waals surface area contributed by atoms with Crippen molar-refractivity contribution in [1.82, 2.24) is 0 Å². The fraction of sp³-hybridized carbons (Fsp3) is 0.185. The zero-order valence-electron chi connectivity index (χ0n) is 19.0. The van der Waals surface area contributed by atoms with Gasteiger partial charge in [0.2, 0.25) is 0 Å². The van der Waals surface area contributed by atoms with Crippen LogP contribution in [-0.2, 0) is 9.53 Å². The number of carbonyl (C=O) groups excluding carboxylic acids is 1. The molecule has 5 heteroatoms. The molecule has 0 aliphatic rings. The number of hydrogen-bond donors (Lipinski definition) is 0. The van der Waals surface area contributed by atoms with Gasteiger partial charge in [-0.25, -0.2) is 4.79 Å². The van der Waals surface area contributed by atoms with Gasteiger partial charge in [0.1, 0.15) is 11.3 Å². The third kappa shape index (κ3) is 5.93. The standard InChI is InChI=1S/C23H16O4.C2H6O.C2H6/c1-15(24)26-18-13-11-17(12-14-18)21-19-9-5-6-10-20(19)27-23(25)22(21)16-7-3-2-4-8-16;1-3-2;1-2/h2-14H,1H3;1-2H3;1-2H3. The second kappa shape index (κ2) is 12.2. The van der Waals surface area contributed by atoms with Crippen molar-refractivity contribution in [2.24, 2.45) is 0 Å². The number of fused-ring (bicyclic) bond motifs is 1. The second-order valence-electron chi connectivity index (χ2n) is 6.53. The van der Waals surface area contributed by atoms with E-state index in [4.69, 9.17) is 9.15 Å². The summed E-state index contributed by atoms with van der Waals surface area (Å²) in [6.45, 7) is 5.36. The summed E-state index contributed by atoms with van der Waals surface area (Å²) in [7, 11) is 3.25. The molecule has 0 aliphatic carbocycles. The molecule has 1 aromatic heterocycles. The smallest absolute Gasteiger partial charge is 0.344 e. The molecule has 0 spiro atoms. The van der Waals surface area contributed by atoms with Gasteiger partial charge in [-0.05, 0) is 29.3 Å². The van der Waals surface area contributed by atoms with Gasteiger partial charge >= 0.3 is 11.6 Å². The maximum Gasteiger partial charge on any atom is 0.344 e. The van der Waals surface area contributed by atoms with E-state index in [0.717, 1.165) is 22.1 Å². The Morgan fingerprint density at radius 1 is 0.750 bits per heavy atom. The Kier molecular flexibility index (Phi) is 9.39. The van der Waals surface area contributed by atoms with Crippen LogP contribution in [0.3, 0.4) is 0 Å². The number of rotatable bonds is 3. The summed E-state index contributed by atoms with van der Waals surface area (Å²) in [5.74, 6) is 0.0818. The lowest BCUT2D eigenvalue weighted by molar-refractivity contribution is -0.131. The first kappa shape index (κ1) is 24.6. The van der Waals surface area contributed by atoms with E-state index in [1.165, 1.54) is 6.92 Å². The molecule has 0 atom stereocenters. The molecule has 0 N–H and O–H groups in total. The third-order valence-corrected chi connectivity index (χ3v) is 4.28. The topological polar surface area (TPSA) is 65.7 Å². The SMILES string of the molecule is CC.CC(=O)Oc1ccc(-c2c(-c3ccccc3)c(=O)oc3ccccc23)cc1.COC. The summed E-state index contributed by atoms with van der Waals surface area (Å²) in [5.41, 5.74) is 3.07. The zero-order chi connectivity index (χ0) is 23.5. The van der Waals surface area contributed by atoms with Crippen molar-refractivity contribution in [3.63, 3.8) is 0 Å². The first-order valence-electron chi connectivity index (χ1n) is 10.4. The van der Waals surface area contributed by atoms with E-state index in [-0.39, 0.29) is 11.6 Å². The van der Waals surface area contributed by atoms with Crippen LogP contribution in [0.1, 0.15) is 20.8 Å². The number of para-hydroxylation sites is 1. The maximum atomic E-state index is 12.8. The molecule has 1 heterocycles. The molecule has 32 heavy (non-hydrogen) atoms. The summed E-state index contributed by atoms with van der Waals surface area (Å²) in [6.07, 6.45) is 0. The maximum absolute atomic E-state index is 12.8. The van der Waals surface area contributed by atoms with Gasteiger partial charge in [0.05, 0.1) is 5.56 Å². The molecule has 5 nitrogen and oxygen atoms in total. The van der Waals surface area contributed by atoms with E-state index in [0.29, 0.717) is 16.9 Å². The molecular formula is C27H28O5. The number of carbonyl (C=O) groups is 1. The van der Waals surface area contributed by atoms with Crippen LogP contribution in [0.15, 0.2) is 88.1 Å². The highest BCUT2D eigenvalue weighted by molar-refractivity contribution is 6.01. The number of ether oxygens (including phenoxy) is 2. The molecule has 0 bridgehead atoms. The quantitative estimate of drug-likeness (QED) is 0.215. The number of methoxy groups -OCH3 is 1. The van der Waals surface area contributed by atoms with E-state index in [2.05, 4.69) is 4.74 Å². The lowest BCUT2D eigenvalue weighted by atomic mass is 9.93. The van der Waals surface area contributed by atoms with E-state index in [1.54, 1.807) is 32.4 Å². The molecule has 4 aromatic rings. The molecular weight excluding hydrogens is 404 g/mol. The molecule has 0 unspecified atom stereocenters. The highest BCUT2D eigenvalue weighted by Crippen LogP contribution is 2.36. The Morgan fingerprint density at radius 2 is 1.28 bits per heavy atom. The summed E-state index contributed by atoms with van der Waals surface area (Å²) < 4.78 is 14.9. The van der Waals surface area contributed by atoms with Crippen LogP contribution in [-0.4, -0.2) is 20.2 Å². The van der Waals surface area contributed by atoms with Crippen LogP contribution in [0.4, 0.5) is 0 Å². The Morgan fingerprint density at radius 3 is 1.88 bits per heavy atom. The van der Waals surface area contributed by atoms with Gasteiger partial charge in [-0.3, -0.25) is 4.79 Å². The van der Waals surface area contributed by atoms with Gasteiger partial charge in [0.15, 0.2) is 0 Å². The molecule has 0 radical (unpaired) electrons. The average molecular weight is 433 g/mol. The molecule has 166 valence electrons. The molecule has 0 amide bonds. The van der Waals surface area contributed by atoms with Crippen LogP contribution in [0.25, 0.3) is 33.2 Å². The van der Waals surface area contributed by atoms with Gasteiger partial charge in [0, 0.05) is 32.1 Å². The van der Waals surface area contributed by atoms with Crippen LogP contribution < -0.4 is 10.4 Å². The first-order valence-corrected chi connectivity index (χ1v) is 10.4. The predicted molar refractivity (Wildman–Crippen MR) is 129 cm³/mol. The van der Waals surface area contributed by atoms with Crippen LogP contribution in [0.2, 0.25) is 0 Å². The van der Waals surface area contributed by atoms with Crippen molar-refractivity contribution in [3.8, 4) is 28.0 Å². The highest BCUT2D eigenvalue weighted by atomic mass is 16.5. The van der Waals surface area contributed by atoms with Crippen molar-refractivity contribution in [1.29, 1.82) is 0 Å². The Hall–Kier alpha value is -3.70. The average Bonchev–Trinajstić information content (AvgIpc) is 2.81. The summed E-state index contributed by atoms with van der Waals surface area (Å²) in [5, 5.41) is 0.844. The lowest BCUT2D eigenvalue weighted by Crippen LogP contribution is -2.06. The molecule has 0 saturated carbocycles. The minimum Gasteiger partial charge on any atom is -0.427 e. The Labute approximate surface area is 188 Å². The minimum absolute atomic E-state index is 0.376. The predicted octanol–water partition coefficient (Wildman–Crippen LogP) is 6.34. The zero-order valence-corrected chi connectivity index (χ0v) is 19.0. The Balaban J connectivity index is 0.000000671. The van der Waals surface area contributed by atoms with Crippen molar-refractivity contribution >= 4 is 16.9 Å². The fourth-order valence-electron chi connectivity index (χ4n) is 3.17. The normalized spacial score (nSPS) is 9.78. The van der Waals surface area contributed by atoms with Gasteiger partial charge < -0.3 is 13.9 Å². The largest absolute Gasteiger partial charge is 0.427 e. The number of hydrogen-bond acceptors (Lipinski definition) is 5. The van der Waals surface area contributed by atoms with Gasteiger partial charge in [-0.15, -0.1) is 0 Å². The van der Waals surface area contributed by atoms with Crippen LogP contribution >= 0.6 is 0 Å². The van der Waals surface area contributed by atoms with E-state index < -0.39 is 0 Å². The van der Waals surface area contributed by atoms with Crippen molar-refractivity contribution < 1.29 is 18.7 Å². The Bertz CT molecular complexity index is 1190. The lowest BCUT2D eigenvalue weighted by Gasteiger charge is -2.12. The molecule has 0 saturated heterocycles.